The van der Waals surface area contributed by atoms with Crippen molar-refractivity contribution in [1.29, 1.82) is 0 Å². The quantitative estimate of drug-likeness (QED) is 0.0131. The zero-order valence-corrected chi connectivity index (χ0v) is 35.3. The number of phosphoric ester groups is 1. The second-order valence-corrected chi connectivity index (χ2v) is 15.5. The van der Waals surface area contributed by atoms with Crippen molar-refractivity contribution in [2.45, 2.75) is 173 Å². The van der Waals surface area contributed by atoms with Crippen LogP contribution in [0.15, 0.2) is 60.8 Å². The number of nitrogens with two attached hydrogens (primary N) is 1. The number of esters is 2. The Bertz CT molecular complexity index is 1160. The Kier molecular flexibility index (Phi) is 36.5. The molecule has 0 rings (SSSR count). The molecule has 0 bridgehead atoms. The van der Waals surface area contributed by atoms with E-state index in [2.05, 4.69) is 6.92 Å². The van der Waals surface area contributed by atoms with Gasteiger partial charge >= 0.3 is 19.8 Å². The molecule has 13 heteroatoms. The molecule has 5 atom stereocenters. The second kappa shape index (κ2) is 38.1. The van der Waals surface area contributed by atoms with Crippen LogP contribution in [0.4, 0.5) is 0 Å². The van der Waals surface area contributed by atoms with Crippen LogP contribution >= 0.6 is 7.82 Å². The molecule has 0 aliphatic rings. The minimum absolute atomic E-state index is 0.00283. The molecular weight excluding hydrogens is 737 g/mol. The summed E-state index contributed by atoms with van der Waals surface area (Å²) < 4.78 is 32.5. The highest BCUT2D eigenvalue weighted by Gasteiger charge is 2.26. The van der Waals surface area contributed by atoms with E-state index >= 15 is 0 Å². The summed E-state index contributed by atoms with van der Waals surface area (Å²) in [7, 11) is -4.46. The molecular formula is C43H76NO11P. The molecule has 0 heterocycles. The number of allylic oxidation sites excluding steroid dienone is 7. The first kappa shape index (κ1) is 53.6. The molecule has 324 valence electrons. The van der Waals surface area contributed by atoms with E-state index in [0.29, 0.717) is 12.8 Å². The Morgan fingerprint density at radius 1 is 0.661 bits per heavy atom. The molecule has 0 aliphatic carbocycles. The van der Waals surface area contributed by atoms with Crippen molar-refractivity contribution in [3.63, 3.8) is 0 Å². The van der Waals surface area contributed by atoms with Crippen molar-refractivity contribution in [2.24, 2.45) is 5.73 Å². The number of aliphatic hydroxyl groups excluding tert-OH is 3. The summed E-state index contributed by atoms with van der Waals surface area (Å²) in [5.74, 6) is -1.16. The summed E-state index contributed by atoms with van der Waals surface area (Å²) in [6, 6.07) is 0. The van der Waals surface area contributed by atoms with Gasteiger partial charge in [-0.1, -0.05) is 164 Å². The van der Waals surface area contributed by atoms with Gasteiger partial charge in [-0.15, -0.1) is 0 Å². The predicted molar refractivity (Wildman–Crippen MR) is 224 cm³/mol. The molecule has 0 spiro atoms. The number of ether oxygens (including phenoxy) is 2. The lowest BCUT2D eigenvalue weighted by Gasteiger charge is -2.20. The number of hydrogen-bond acceptors (Lipinski definition) is 11. The fourth-order valence-electron chi connectivity index (χ4n) is 5.50. The van der Waals surface area contributed by atoms with Gasteiger partial charge in [0, 0.05) is 19.4 Å². The van der Waals surface area contributed by atoms with E-state index in [1.165, 1.54) is 76.7 Å². The fourth-order valence-corrected chi connectivity index (χ4v) is 6.27. The Balaban J connectivity index is 4.50. The number of hydrogen-bond donors (Lipinski definition) is 5. The van der Waals surface area contributed by atoms with Crippen LogP contribution in [0, 0.1) is 0 Å². The summed E-state index contributed by atoms with van der Waals surface area (Å²) in [5.41, 5.74) is 5.32. The lowest BCUT2D eigenvalue weighted by Crippen LogP contribution is -2.30. The molecule has 0 radical (unpaired) electrons. The van der Waals surface area contributed by atoms with Crippen LogP contribution in [-0.4, -0.2) is 82.9 Å². The average molecular weight is 814 g/mol. The minimum atomic E-state index is -4.46. The van der Waals surface area contributed by atoms with E-state index in [-0.39, 0.29) is 38.8 Å². The topological polar surface area (TPSA) is 195 Å². The number of carbonyl (C=O) groups excluding carboxylic acids is 2. The molecule has 12 nitrogen and oxygen atoms in total. The SMILES string of the molecule is CC/C=C\C[C@@H](O)/C=C/C=C/C=C\C=C/[C@H](O)[C@@H](O)CCCC(=O)OC[C@H](COP(=O)(O)OCCN)OC(=O)CCCCCCCCCCCCCCCCC. The van der Waals surface area contributed by atoms with Crippen molar-refractivity contribution in [1.82, 2.24) is 0 Å². The monoisotopic (exact) mass is 814 g/mol. The van der Waals surface area contributed by atoms with Gasteiger partial charge in [-0.2, -0.15) is 0 Å². The molecule has 6 N–H and O–H groups in total. The Morgan fingerprint density at radius 2 is 1.20 bits per heavy atom. The van der Waals surface area contributed by atoms with E-state index < -0.39 is 57.4 Å². The third-order valence-corrected chi connectivity index (χ3v) is 9.74. The number of unbranched alkanes of at least 4 members (excludes halogenated alkanes) is 14. The Labute approximate surface area is 337 Å². The molecule has 0 amide bonds. The predicted octanol–water partition coefficient (Wildman–Crippen LogP) is 8.63. The lowest BCUT2D eigenvalue weighted by atomic mass is 10.0. The average Bonchev–Trinajstić information content (AvgIpc) is 3.17. The Morgan fingerprint density at radius 3 is 1.77 bits per heavy atom. The molecule has 0 aromatic rings. The zero-order chi connectivity index (χ0) is 41.5. The van der Waals surface area contributed by atoms with Crippen LogP contribution < -0.4 is 5.73 Å². The van der Waals surface area contributed by atoms with Gasteiger partial charge in [-0.3, -0.25) is 18.6 Å². The first-order valence-corrected chi connectivity index (χ1v) is 22.6. The highest BCUT2D eigenvalue weighted by Crippen LogP contribution is 2.43. The van der Waals surface area contributed by atoms with Gasteiger partial charge in [0.05, 0.1) is 31.5 Å². The van der Waals surface area contributed by atoms with Crippen molar-refractivity contribution < 1.29 is 52.9 Å². The maximum Gasteiger partial charge on any atom is 0.472 e. The summed E-state index contributed by atoms with van der Waals surface area (Å²) in [6.07, 6.45) is 33.4. The van der Waals surface area contributed by atoms with Crippen LogP contribution in [0.3, 0.4) is 0 Å². The third kappa shape index (κ3) is 36.0. The van der Waals surface area contributed by atoms with Crippen molar-refractivity contribution in [2.75, 3.05) is 26.4 Å². The first-order chi connectivity index (χ1) is 27.0. The minimum Gasteiger partial charge on any atom is -0.462 e. The van der Waals surface area contributed by atoms with Crippen LogP contribution in [0.1, 0.15) is 149 Å². The van der Waals surface area contributed by atoms with Crippen LogP contribution in [0.25, 0.3) is 0 Å². The summed E-state index contributed by atoms with van der Waals surface area (Å²) in [5, 5.41) is 30.3. The molecule has 0 aromatic carbocycles. The lowest BCUT2D eigenvalue weighted by molar-refractivity contribution is -0.161. The molecule has 0 aromatic heterocycles. The molecule has 0 fully saturated rings. The van der Waals surface area contributed by atoms with Gasteiger partial charge in [0.1, 0.15) is 6.61 Å². The maximum atomic E-state index is 12.6. The standard InChI is InChI=1S/C43H76NO11P/c1-3-5-7-8-9-10-11-12-13-14-15-16-17-22-26-32-43(49)55-39(37-54-56(50,51)53-35-34-44)36-52-42(48)33-27-31-41(47)40(46)30-25-21-19-18-20-24-29-38(45)28-23-6-4-2/h6,18-21,23-25,29-30,38-41,45-47H,3-5,7-17,22,26-28,31-37,44H2,1-2H3,(H,50,51)/b20-18+,21-19-,23-6-,29-24+,30-25-/t38-,39-,40+,41+/m1/s1. The molecule has 0 saturated carbocycles. The van der Waals surface area contributed by atoms with Crippen LogP contribution in [0.2, 0.25) is 0 Å². The van der Waals surface area contributed by atoms with E-state index in [4.69, 9.17) is 24.3 Å². The van der Waals surface area contributed by atoms with Crippen LogP contribution in [-0.2, 0) is 32.7 Å². The number of phosphoric acid groups is 1. The molecule has 0 aliphatic heterocycles. The zero-order valence-electron chi connectivity index (χ0n) is 34.4. The largest absolute Gasteiger partial charge is 0.472 e. The Hall–Kier alpha value is -2.41. The van der Waals surface area contributed by atoms with E-state index in [0.717, 1.165) is 25.7 Å². The highest BCUT2D eigenvalue weighted by atomic mass is 31.2. The normalized spacial score (nSPS) is 15.6. The van der Waals surface area contributed by atoms with Gasteiger partial charge in [0.2, 0.25) is 0 Å². The summed E-state index contributed by atoms with van der Waals surface area (Å²) in [4.78, 5) is 34.9. The summed E-state index contributed by atoms with van der Waals surface area (Å²) in [6.45, 7) is 3.14. The first-order valence-electron chi connectivity index (χ1n) is 21.1. The van der Waals surface area contributed by atoms with Crippen molar-refractivity contribution >= 4 is 19.8 Å². The number of rotatable bonds is 38. The molecule has 56 heavy (non-hydrogen) atoms. The van der Waals surface area contributed by atoms with Gasteiger partial charge in [-0.05, 0) is 32.1 Å². The highest BCUT2D eigenvalue weighted by molar-refractivity contribution is 7.47. The van der Waals surface area contributed by atoms with Crippen molar-refractivity contribution in [3.05, 3.63) is 60.8 Å². The smallest absolute Gasteiger partial charge is 0.462 e. The van der Waals surface area contributed by atoms with E-state index in [1.54, 1.807) is 42.5 Å². The van der Waals surface area contributed by atoms with Crippen molar-refractivity contribution in [3.8, 4) is 0 Å². The summed E-state index contributed by atoms with van der Waals surface area (Å²) >= 11 is 0. The van der Waals surface area contributed by atoms with Crippen LogP contribution in [0.5, 0.6) is 0 Å². The number of carbonyl (C=O) groups is 2. The fraction of sp³-hybridized carbons (Fsp3) is 0.721. The third-order valence-electron chi connectivity index (χ3n) is 8.76. The second-order valence-electron chi connectivity index (χ2n) is 14.1. The van der Waals surface area contributed by atoms with Gasteiger partial charge in [0.15, 0.2) is 6.10 Å². The molecule has 0 saturated heterocycles. The van der Waals surface area contributed by atoms with E-state index in [9.17, 15) is 34.4 Å². The van der Waals surface area contributed by atoms with Gasteiger partial charge in [0.25, 0.3) is 0 Å². The molecule has 1 unspecified atom stereocenters. The number of aliphatic hydroxyl groups is 3. The van der Waals surface area contributed by atoms with Gasteiger partial charge in [-0.25, -0.2) is 4.57 Å². The maximum absolute atomic E-state index is 12.6. The van der Waals surface area contributed by atoms with Gasteiger partial charge < -0.3 is 35.4 Å². The van der Waals surface area contributed by atoms with E-state index in [1.807, 2.05) is 19.1 Å².